The topological polar surface area (TPSA) is 41.6 Å². The summed E-state index contributed by atoms with van der Waals surface area (Å²) >= 11 is 1.48. The zero-order chi connectivity index (χ0) is 8.81. The molecule has 64 valence electrons. The highest BCUT2D eigenvalue weighted by Gasteiger charge is 2.00. The van der Waals surface area contributed by atoms with Crippen LogP contribution in [0.4, 0.5) is 0 Å². The van der Waals surface area contributed by atoms with Crippen LogP contribution in [0.3, 0.4) is 0 Å². The minimum atomic E-state index is 0.473. The summed E-state index contributed by atoms with van der Waals surface area (Å²) in [5.74, 6) is 0.473. The fraction of sp³-hybridized carbons (Fsp3) is 0.500. The van der Waals surface area contributed by atoms with E-state index in [1.807, 2.05) is 6.20 Å². The normalized spacial score (nSPS) is 9.67. The summed E-state index contributed by atoms with van der Waals surface area (Å²) in [6, 6.07) is 2.08. The third-order valence-corrected chi connectivity index (χ3v) is 2.28. The Bertz CT molecular complexity index is 274. The van der Waals surface area contributed by atoms with Crippen molar-refractivity contribution >= 4 is 11.8 Å². The Morgan fingerprint density at radius 1 is 1.75 bits per heavy atom. The lowest BCUT2D eigenvalue weighted by molar-refractivity contribution is 0.621. The number of imidazole rings is 1. The van der Waals surface area contributed by atoms with Gasteiger partial charge in [-0.25, -0.2) is 4.98 Å². The summed E-state index contributed by atoms with van der Waals surface area (Å²) in [5.41, 5.74) is 0. The highest BCUT2D eigenvalue weighted by Crippen LogP contribution is 2.14. The molecule has 0 fully saturated rings. The molecule has 0 aliphatic heterocycles. The molecule has 0 amide bonds. The van der Waals surface area contributed by atoms with E-state index < -0.39 is 0 Å². The lowest BCUT2D eigenvalue weighted by atomic mass is 10.5. The van der Waals surface area contributed by atoms with Gasteiger partial charge >= 0.3 is 0 Å². The molecule has 3 nitrogen and oxygen atoms in total. The van der Waals surface area contributed by atoms with E-state index >= 15 is 0 Å². The van der Waals surface area contributed by atoms with Crippen molar-refractivity contribution in [3.05, 3.63) is 12.4 Å². The average molecular weight is 181 g/mol. The predicted molar refractivity (Wildman–Crippen MR) is 48.9 cm³/mol. The van der Waals surface area contributed by atoms with Crippen LogP contribution in [0.25, 0.3) is 0 Å². The van der Waals surface area contributed by atoms with Crippen LogP contribution in [-0.4, -0.2) is 15.3 Å². The van der Waals surface area contributed by atoms with Crippen LogP contribution >= 0.6 is 11.8 Å². The van der Waals surface area contributed by atoms with Crippen LogP contribution in [0, 0.1) is 11.3 Å². The molecular weight excluding hydrogens is 170 g/mol. The summed E-state index contributed by atoms with van der Waals surface area (Å²) in [5, 5.41) is 9.32. The van der Waals surface area contributed by atoms with Crippen LogP contribution in [-0.2, 0) is 6.54 Å². The third-order valence-electron chi connectivity index (χ3n) is 1.41. The van der Waals surface area contributed by atoms with Gasteiger partial charge < -0.3 is 4.57 Å². The molecule has 0 aliphatic carbocycles. The second-order valence-corrected chi connectivity index (χ2v) is 3.29. The van der Waals surface area contributed by atoms with Gasteiger partial charge in [-0.1, -0.05) is 18.7 Å². The molecule has 4 heteroatoms. The van der Waals surface area contributed by atoms with Gasteiger partial charge in [0.1, 0.15) is 0 Å². The highest BCUT2D eigenvalue weighted by molar-refractivity contribution is 7.99. The van der Waals surface area contributed by atoms with E-state index in [1.165, 1.54) is 11.8 Å². The van der Waals surface area contributed by atoms with Crippen LogP contribution in [0.2, 0.25) is 0 Å². The quantitative estimate of drug-likeness (QED) is 0.666. The number of aromatic nitrogens is 2. The molecule has 1 rings (SSSR count). The van der Waals surface area contributed by atoms with Crippen molar-refractivity contribution in [2.24, 2.45) is 0 Å². The van der Waals surface area contributed by atoms with Crippen LogP contribution in [0.5, 0.6) is 0 Å². The molecule has 0 saturated heterocycles. The molecule has 0 bridgehead atoms. The lowest BCUT2D eigenvalue weighted by Crippen LogP contribution is -1.97. The largest absolute Gasteiger partial charge is 0.326 e. The number of nitriles is 1. The molecule has 12 heavy (non-hydrogen) atoms. The maximum atomic E-state index is 8.38. The Labute approximate surface area is 76.4 Å². The molecule has 1 aromatic rings. The van der Waals surface area contributed by atoms with Crippen molar-refractivity contribution in [3.8, 4) is 6.07 Å². The van der Waals surface area contributed by atoms with Crippen molar-refractivity contribution in [1.82, 2.24) is 9.55 Å². The van der Waals surface area contributed by atoms with Crippen molar-refractivity contribution in [1.29, 1.82) is 5.26 Å². The molecule has 0 unspecified atom stereocenters. The van der Waals surface area contributed by atoms with E-state index in [0.29, 0.717) is 5.75 Å². The smallest absolute Gasteiger partial charge is 0.168 e. The Morgan fingerprint density at radius 2 is 2.58 bits per heavy atom. The molecule has 0 aromatic carbocycles. The van der Waals surface area contributed by atoms with E-state index in [0.717, 1.165) is 18.1 Å². The minimum absolute atomic E-state index is 0.473. The Kier molecular flexibility index (Phi) is 3.68. The Morgan fingerprint density at radius 3 is 3.25 bits per heavy atom. The summed E-state index contributed by atoms with van der Waals surface area (Å²) < 4.78 is 2.07. The molecule has 1 heterocycles. The fourth-order valence-corrected chi connectivity index (χ4v) is 1.59. The minimum Gasteiger partial charge on any atom is -0.326 e. The van der Waals surface area contributed by atoms with Gasteiger partial charge in [-0.15, -0.1) is 0 Å². The molecule has 0 atom stereocenters. The van der Waals surface area contributed by atoms with Crippen molar-refractivity contribution in [2.45, 2.75) is 25.0 Å². The maximum absolute atomic E-state index is 8.38. The summed E-state index contributed by atoms with van der Waals surface area (Å²) in [7, 11) is 0. The summed E-state index contributed by atoms with van der Waals surface area (Å²) in [6.45, 7) is 3.10. The lowest BCUT2D eigenvalue weighted by Gasteiger charge is -2.02. The SMILES string of the molecule is CCCn1ccnc1SCC#N. The highest BCUT2D eigenvalue weighted by atomic mass is 32.2. The average Bonchev–Trinajstić information content (AvgIpc) is 2.50. The molecule has 0 saturated carbocycles. The first-order chi connectivity index (χ1) is 5.88. The van der Waals surface area contributed by atoms with Gasteiger partial charge in [0.2, 0.25) is 0 Å². The van der Waals surface area contributed by atoms with Crippen LogP contribution in [0.1, 0.15) is 13.3 Å². The van der Waals surface area contributed by atoms with E-state index in [4.69, 9.17) is 5.26 Å². The standard InChI is InChI=1S/C8H11N3S/c1-2-5-11-6-4-10-8(11)12-7-3-9/h4,6H,2,5,7H2,1H3. The number of hydrogen-bond acceptors (Lipinski definition) is 3. The Balaban J connectivity index is 2.58. The zero-order valence-electron chi connectivity index (χ0n) is 7.03. The summed E-state index contributed by atoms with van der Waals surface area (Å²) in [4.78, 5) is 4.15. The monoisotopic (exact) mass is 181 g/mol. The van der Waals surface area contributed by atoms with E-state index in [-0.39, 0.29) is 0 Å². The second-order valence-electron chi connectivity index (χ2n) is 2.35. The first kappa shape index (κ1) is 9.14. The van der Waals surface area contributed by atoms with Gasteiger partial charge in [-0.2, -0.15) is 5.26 Å². The second kappa shape index (κ2) is 4.83. The Hall–Kier alpha value is -0.950. The molecule has 0 spiro atoms. The van der Waals surface area contributed by atoms with Crippen molar-refractivity contribution in [3.63, 3.8) is 0 Å². The number of hydrogen-bond donors (Lipinski definition) is 0. The summed E-state index contributed by atoms with van der Waals surface area (Å²) in [6.07, 6.45) is 4.81. The van der Waals surface area contributed by atoms with Gasteiger partial charge in [-0.05, 0) is 6.42 Å². The first-order valence-corrected chi connectivity index (χ1v) is 4.88. The molecule has 1 aromatic heterocycles. The van der Waals surface area contributed by atoms with Crippen molar-refractivity contribution < 1.29 is 0 Å². The number of thioether (sulfide) groups is 1. The first-order valence-electron chi connectivity index (χ1n) is 3.89. The fourth-order valence-electron chi connectivity index (χ4n) is 0.944. The van der Waals surface area contributed by atoms with E-state index in [2.05, 4.69) is 22.5 Å². The van der Waals surface area contributed by atoms with Gasteiger partial charge in [0, 0.05) is 18.9 Å². The zero-order valence-corrected chi connectivity index (χ0v) is 7.84. The van der Waals surface area contributed by atoms with Crippen LogP contribution in [0.15, 0.2) is 17.6 Å². The third kappa shape index (κ3) is 2.28. The van der Waals surface area contributed by atoms with Gasteiger partial charge in [0.25, 0.3) is 0 Å². The van der Waals surface area contributed by atoms with E-state index in [1.54, 1.807) is 6.20 Å². The van der Waals surface area contributed by atoms with Gasteiger partial charge in [0.05, 0.1) is 11.8 Å². The number of rotatable bonds is 4. The van der Waals surface area contributed by atoms with Crippen molar-refractivity contribution in [2.75, 3.05) is 5.75 Å². The number of aryl methyl sites for hydroxylation is 1. The number of nitrogens with zero attached hydrogens (tertiary/aromatic N) is 3. The predicted octanol–water partition coefficient (Wildman–Crippen LogP) is 1.91. The molecule has 0 aliphatic rings. The van der Waals surface area contributed by atoms with Gasteiger partial charge in [0.15, 0.2) is 5.16 Å². The van der Waals surface area contributed by atoms with Gasteiger partial charge in [-0.3, -0.25) is 0 Å². The van der Waals surface area contributed by atoms with Crippen LogP contribution < -0.4 is 0 Å². The molecule has 0 N–H and O–H groups in total. The van der Waals surface area contributed by atoms with E-state index in [9.17, 15) is 0 Å². The molecular formula is C8H11N3S. The maximum Gasteiger partial charge on any atom is 0.168 e. The molecule has 0 radical (unpaired) electrons.